The number of nitrogens with zero attached hydrogens (tertiary/aromatic N) is 1. The number of hydrogen-bond acceptors (Lipinski definition) is 3. The average Bonchev–Trinajstić information content (AvgIpc) is 2.29. The van der Waals surface area contributed by atoms with Crippen LogP contribution in [0.5, 0.6) is 0 Å². The molecule has 92 valence electrons. The van der Waals surface area contributed by atoms with Crippen molar-refractivity contribution < 1.29 is 14.7 Å². The lowest BCUT2D eigenvalue weighted by atomic mass is 10.2. The molecular weight excluding hydrogens is 220 g/mol. The molecule has 0 aliphatic heterocycles. The van der Waals surface area contributed by atoms with E-state index in [4.69, 9.17) is 5.11 Å². The topological polar surface area (TPSA) is 69.6 Å². The van der Waals surface area contributed by atoms with Crippen LogP contribution in [-0.2, 0) is 4.79 Å². The molecule has 5 nitrogen and oxygen atoms in total. The van der Waals surface area contributed by atoms with Gasteiger partial charge in [-0.25, -0.2) is 4.79 Å². The molecule has 0 aromatic heterocycles. The Morgan fingerprint density at radius 2 is 1.82 bits per heavy atom. The van der Waals surface area contributed by atoms with E-state index in [1.54, 1.807) is 26.2 Å². The van der Waals surface area contributed by atoms with Crippen LogP contribution in [0.3, 0.4) is 0 Å². The molecule has 17 heavy (non-hydrogen) atoms. The van der Waals surface area contributed by atoms with Crippen molar-refractivity contribution in [3.05, 3.63) is 29.8 Å². The zero-order valence-electron chi connectivity index (χ0n) is 9.93. The molecule has 1 amide bonds. The predicted octanol–water partition coefficient (Wildman–Crippen LogP) is 1.27. The van der Waals surface area contributed by atoms with Crippen molar-refractivity contribution in [1.82, 2.24) is 4.90 Å². The molecule has 0 bridgehead atoms. The molecule has 0 radical (unpaired) electrons. The first-order valence-electron chi connectivity index (χ1n) is 5.28. The van der Waals surface area contributed by atoms with Crippen LogP contribution in [0.15, 0.2) is 24.3 Å². The van der Waals surface area contributed by atoms with Crippen LogP contribution in [0, 0.1) is 0 Å². The molecule has 1 aromatic rings. The second-order valence-electron chi connectivity index (χ2n) is 3.85. The van der Waals surface area contributed by atoms with Gasteiger partial charge in [0.1, 0.15) is 0 Å². The lowest BCUT2D eigenvalue weighted by Gasteiger charge is -2.11. The van der Waals surface area contributed by atoms with E-state index in [1.165, 1.54) is 17.0 Å². The van der Waals surface area contributed by atoms with Crippen molar-refractivity contribution in [1.29, 1.82) is 0 Å². The second kappa shape index (κ2) is 5.89. The minimum atomic E-state index is -0.945. The third kappa shape index (κ3) is 4.14. The van der Waals surface area contributed by atoms with Crippen LogP contribution >= 0.6 is 0 Å². The van der Waals surface area contributed by atoms with Gasteiger partial charge in [0, 0.05) is 32.7 Å². The summed E-state index contributed by atoms with van der Waals surface area (Å²) in [6.07, 6.45) is 0.410. The molecule has 0 saturated heterocycles. The maximum atomic E-state index is 11.3. The first-order valence-corrected chi connectivity index (χ1v) is 5.28. The van der Waals surface area contributed by atoms with E-state index in [1.807, 2.05) is 0 Å². The Morgan fingerprint density at radius 3 is 2.29 bits per heavy atom. The van der Waals surface area contributed by atoms with Gasteiger partial charge in [-0.2, -0.15) is 0 Å². The number of rotatable bonds is 5. The maximum Gasteiger partial charge on any atom is 0.335 e. The molecule has 0 aliphatic carbocycles. The fourth-order valence-electron chi connectivity index (χ4n) is 1.27. The average molecular weight is 236 g/mol. The van der Waals surface area contributed by atoms with Crippen LogP contribution < -0.4 is 5.32 Å². The zero-order chi connectivity index (χ0) is 12.8. The predicted molar refractivity (Wildman–Crippen MR) is 65.2 cm³/mol. The smallest absolute Gasteiger partial charge is 0.335 e. The van der Waals surface area contributed by atoms with Gasteiger partial charge in [-0.1, -0.05) is 0 Å². The Hall–Kier alpha value is -2.04. The molecule has 0 atom stereocenters. The van der Waals surface area contributed by atoms with Crippen LogP contribution in [0.2, 0.25) is 0 Å². The largest absolute Gasteiger partial charge is 0.478 e. The first-order chi connectivity index (χ1) is 8.00. The van der Waals surface area contributed by atoms with Crippen LogP contribution in [-0.4, -0.2) is 42.5 Å². The van der Waals surface area contributed by atoms with E-state index in [2.05, 4.69) is 5.32 Å². The molecule has 1 rings (SSSR count). The third-order valence-corrected chi connectivity index (χ3v) is 2.30. The fraction of sp³-hybridized carbons (Fsp3) is 0.333. The fourth-order valence-corrected chi connectivity index (χ4v) is 1.27. The van der Waals surface area contributed by atoms with Gasteiger partial charge in [-0.05, 0) is 24.3 Å². The van der Waals surface area contributed by atoms with Crippen molar-refractivity contribution in [2.45, 2.75) is 6.42 Å². The molecular formula is C12H16N2O3. The molecule has 0 unspecified atom stereocenters. The summed E-state index contributed by atoms with van der Waals surface area (Å²) in [7, 11) is 3.42. The number of carboxylic acids is 1. The zero-order valence-corrected chi connectivity index (χ0v) is 9.93. The summed E-state index contributed by atoms with van der Waals surface area (Å²) in [6, 6.07) is 6.42. The van der Waals surface area contributed by atoms with Gasteiger partial charge in [0.2, 0.25) is 5.91 Å². The summed E-state index contributed by atoms with van der Waals surface area (Å²) in [6.45, 7) is 0.531. The van der Waals surface area contributed by atoms with Gasteiger partial charge in [0.25, 0.3) is 0 Å². The van der Waals surface area contributed by atoms with Crippen LogP contribution in [0.1, 0.15) is 16.8 Å². The highest BCUT2D eigenvalue weighted by atomic mass is 16.4. The highest BCUT2D eigenvalue weighted by Crippen LogP contribution is 2.09. The number of carbonyl (C=O) groups excluding carboxylic acids is 1. The maximum absolute atomic E-state index is 11.3. The Balaban J connectivity index is 2.42. The van der Waals surface area contributed by atoms with E-state index >= 15 is 0 Å². The molecule has 2 N–H and O–H groups in total. The minimum Gasteiger partial charge on any atom is -0.478 e. The Labute approximate surface area is 100 Å². The third-order valence-electron chi connectivity index (χ3n) is 2.30. The van der Waals surface area contributed by atoms with E-state index in [0.717, 1.165) is 5.69 Å². The van der Waals surface area contributed by atoms with E-state index in [-0.39, 0.29) is 11.5 Å². The Morgan fingerprint density at radius 1 is 1.24 bits per heavy atom. The Kier molecular flexibility index (Phi) is 4.51. The number of carboxylic acid groups (broad SMARTS) is 1. The summed E-state index contributed by atoms with van der Waals surface area (Å²) in [4.78, 5) is 23.4. The summed E-state index contributed by atoms with van der Waals surface area (Å²) in [5, 5.41) is 11.8. The van der Waals surface area contributed by atoms with E-state index in [0.29, 0.717) is 13.0 Å². The lowest BCUT2D eigenvalue weighted by molar-refractivity contribution is -0.128. The highest BCUT2D eigenvalue weighted by Gasteiger charge is 2.04. The summed E-state index contributed by atoms with van der Waals surface area (Å²) in [5.41, 5.74) is 1.06. The number of benzene rings is 1. The Bertz CT molecular complexity index is 399. The van der Waals surface area contributed by atoms with Crippen LogP contribution in [0.4, 0.5) is 5.69 Å². The second-order valence-corrected chi connectivity index (χ2v) is 3.85. The monoisotopic (exact) mass is 236 g/mol. The molecule has 0 fully saturated rings. The van der Waals surface area contributed by atoms with E-state index < -0.39 is 5.97 Å². The molecule has 0 spiro atoms. The lowest BCUT2D eigenvalue weighted by Crippen LogP contribution is -2.23. The van der Waals surface area contributed by atoms with Gasteiger partial charge >= 0.3 is 5.97 Å². The SMILES string of the molecule is CN(C)C(=O)CCNc1ccc(C(=O)O)cc1. The van der Waals surface area contributed by atoms with Crippen molar-refractivity contribution >= 4 is 17.6 Å². The molecule has 5 heteroatoms. The number of amides is 1. The number of hydrogen-bond donors (Lipinski definition) is 2. The summed E-state index contributed by atoms with van der Waals surface area (Å²) in [5.74, 6) is -0.890. The first kappa shape index (κ1) is 13.0. The number of anilines is 1. The highest BCUT2D eigenvalue weighted by molar-refractivity contribution is 5.88. The number of aromatic carboxylic acids is 1. The van der Waals surface area contributed by atoms with Gasteiger partial charge in [-0.15, -0.1) is 0 Å². The van der Waals surface area contributed by atoms with Crippen molar-refractivity contribution in [3.63, 3.8) is 0 Å². The standard InChI is InChI=1S/C12H16N2O3/c1-14(2)11(15)7-8-13-10-5-3-9(4-6-10)12(16)17/h3-6,13H,7-8H2,1-2H3,(H,16,17). The molecule has 0 heterocycles. The van der Waals surface area contributed by atoms with Gasteiger partial charge in [0.15, 0.2) is 0 Å². The molecule has 0 saturated carbocycles. The summed E-state index contributed by atoms with van der Waals surface area (Å²) >= 11 is 0. The minimum absolute atomic E-state index is 0.0552. The molecule has 1 aromatic carbocycles. The summed E-state index contributed by atoms with van der Waals surface area (Å²) < 4.78 is 0. The van der Waals surface area contributed by atoms with Crippen molar-refractivity contribution in [3.8, 4) is 0 Å². The molecule has 0 aliphatic rings. The number of nitrogens with one attached hydrogen (secondary N) is 1. The van der Waals surface area contributed by atoms with Gasteiger partial charge in [0.05, 0.1) is 5.56 Å². The normalized spacial score (nSPS) is 9.76. The van der Waals surface area contributed by atoms with Crippen molar-refractivity contribution in [2.75, 3.05) is 26.0 Å². The number of carbonyl (C=O) groups is 2. The van der Waals surface area contributed by atoms with Gasteiger partial charge < -0.3 is 15.3 Å². The quantitative estimate of drug-likeness (QED) is 0.807. The van der Waals surface area contributed by atoms with Crippen LogP contribution in [0.25, 0.3) is 0 Å². The van der Waals surface area contributed by atoms with E-state index in [9.17, 15) is 9.59 Å². The van der Waals surface area contributed by atoms with Gasteiger partial charge in [-0.3, -0.25) is 4.79 Å². The van der Waals surface area contributed by atoms with Crippen molar-refractivity contribution in [2.24, 2.45) is 0 Å².